The molecule has 0 amide bonds. The Balaban J connectivity index is 0.00000144. The van der Waals surface area contributed by atoms with Crippen molar-refractivity contribution in [2.75, 3.05) is 19.6 Å². The Morgan fingerprint density at radius 3 is 2.59 bits per heavy atom. The minimum atomic E-state index is 0. The van der Waals surface area contributed by atoms with Gasteiger partial charge in [-0.15, -0.1) is 12.4 Å². The van der Waals surface area contributed by atoms with Crippen molar-refractivity contribution < 1.29 is 0 Å². The number of rotatable bonds is 3. The van der Waals surface area contributed by atoms with Gasteiger partial charge in [0.25, 0.3) is 0 Å². The monoisotopic (exact) mass is 319 g/mol. The van der Waals surface area contributed by atoms with Crippen LogP contribution < -0.4 is 5.73 Å². The van der Waals surface area contributed by atoms with Gasteiger partial charge in [-0.25, -0.2) is 0 Å². The predicted octanol–water partition coefficient (Wildman–Crippen LogP) is 2.44. The highest BCUT2D eigenvalue weighted by Crippen LogP contribution is 2.17. The normalized spacial score (nSPS) is 17.8. The molecule has 5 heteroatoms. The number of nitrogens with two attached hydrogens (primary N) is 1. The smallest absolute Gasteiger partial charge is 0.0544 e. The number of hydrogen-bond donors (Lipinski definition) is 1. The summed E-state index contributed by atoms with van der Waals surface area (Å²) >= 11 is 3.40. The first-order chi connectivity index (χ1) is 7.78. The Morgan fingerprint density at radius 2 is 2.06 bits per heavy atom. The lowest BCUT2D eigenvalue weighted by Crippen LogP contribution is -2.35. The van der Waals surface area contributed by atoms with Crippen LogP contribution in [-0.4, -0.2) is 29.5 Å². The summed E-state index contributed by atoms with van der Waals surface area (Å²) in [6.07, 6.45) is 4.32. The molecule has 1 aromatic heterocycles. The number of nitrogens with zero attached hydrogens (tertiary/aromatic N) is 2. The van der Waals surface area contributed by atoms with E-state index in [1.54, 1.807) is 0 Å². The highest BCUT2D eigenvalue weighted by molar-refractivity contribution is 9.10. The lowest BCUT2D eigenvalue weighted by atomic mass is 9.97. The third kappa shape index (κ3) is 4.54. The second-order valence-electron chi connectivity index (χ2n) is 4.42. The van der Waals surface area contributed by atoms with E-state index in [2.05, 4.69) is 37.9 Å². The molecule has 0 aromatic carbocycles. The van der Waals surface area contributed by atoms with Crippen LogP contribution in [0.3, 0.4) is 0 Å². The van der Waals surface area contributed by atoms with Crippen LogP contribution >= 0.6 is 28.3 Å². The molecule has 1 aliphatic heterocycles. The van der Waals surface area contributed by atoms with E-state index in [9.17, 15) is 0 Å². The standard InChI is InChI=1S/C12H18BrN3.ClH/c13-11-1-2-12(15-8-11)9-16-5-3-10(7-14)4-6-16;/h1-2,8,10H,3-7,9,14H2;1H. The molecule has 1 saturated heterocycles. The lowest BCUT2D eigenvalue weighted by molar-refractivity contribution is 0.178. The fourth-order valence-corrected chi connectivity index (χ4v) is 2.34. The topological polar surface area (TPSA) is 42.1 Å². The number of pyridine rings is 1. The van der Waals surface area contributed by atoms with Gasteiger partial charge in [-0.2, -0.15) is 0 Å². The van der Waals surface area contributed by atoms with Gasteiger partial charge in [-0.3, -0.25) is 9.88 Å². The number of hydrogen-bond acceptors (Lipinski definition) is 3. The summed E-state index contributed by atoms with van der Waals surface area (Å²) in [7, 11) is 0. The van der Waals surface area contributed by atoms with Crippen LogP contribution in [0, 0.1) is 5.92 Å². The van der Waals surface area contributed by atoms with Gasteiger partial charge in [0.15, 0.2) is 0 Å². The van der Waals surface area contributed by atoms with Crippen molar-refractivity contribution in [3.05, 3.63) is 28.5 Å². The molecule has 0 bridgehead atoms. The largest absolute Gasteiger partial charge is 0.330 e. The van der Waals surface area contributed by atoms with Crippen LogP contribution in [0.25, 0.3) is 0 Å². The van der Waals surface area contributed by atoms with Gasteiger partial charge < -0.3 is 5.73 Å². The lowest BCUT2D eigenvalue weighted by Gasteiger charge is -2.30. The second-order valence-corrected chi connectivity index (χ2v) is 5.34. The third-order valence-corrected chi connectivity index (χ3v) is 3.68. The van der Waals surface area contributed by atoms with Crippen LogP contribution in [0.15, 0.2) is 22.8 Å². The van der Waals surface area contributed by atoms with Gasteiger partial charge in [0.2, 0.25) is 0 Å². The highest BCUT2D eigenvalue weighted by Gasteiger charge is 2.17. The quantitative estimate of drug-likeness (QED) is 0.930. The van der Waals surface area contributed by atoms with E-state index >= 15 is 0 Å². The fourth-order valence-electron chi connectivity index (χ4n) is 2.11. The highest BCUT2D eigenvalue weighted by atomic mass is 79.9. The second kappa shape index (κ2) is 7.31. The molecule has 2 N–H and O–H groups in total. The van der Waals surface area contributed by atoms with E-state index in [4.69, 9.17) is 5.73 Å². The Hall–Kier alpha value is -0.160. The minimum Gasteiger partial charge on any atom is -0.330 e. The molecule has 0 radical (unpaired) electrons. The van der Waals surface area contributed by atoms with Gasteiger partial charge >= 0.3 is 0 Å². The van der Waals surface area contributed by atoms with Crippen molar-refractivity contribution in [2.24, 2.45) is 11.7 Å². The third-order valence-electron chi connectivity index (χ3n) is 3.21. The van der Waals surface area contributed by atoms with Gasteiger partial charge in [0, 0.05) is 17.2 Å². The zero-order valence-corrected chi connectivity index (χ0v) is 12.2. The van der Waals surface area contributed by atoms with Gasteiger partial charge in [0.05, 0.1) is 5.69 Å². The van der Waals surface area contributed by atoms with E-state index in [0.717, 1.165) is 42.3 Å². The maximum absolute atomic E-state index is 5.68. The molecule has 2 rings (SSSR count). The molecule has 1 aromatic rings. The van der Waals surface area contributed by atoms with Crippen molar-refractivity contribution in [1.29, 1.82) is 0 Å². The molecule has 3 nitrogen and oxygen atoms in total. The van der Waals surface area contributed by atoms with Crippen LogP contribution in [0.2, 0.25) is 0 Å². The Kier molecular flexibility index (Phi) is 6.41. The van der Waals surface area contributed by atoms with E-state index in [1.165, 1.54) is 12.8 Å². The molecule has 0 unspecified atom stereocenters. The predicted molar refractivity (Wildman–Crippen MR) is 76.2 cm³/mol. The molecular formula is C12H19BrClN3. The average molecular weight is 321 g/mol. The summed E-state index contributed by atoms with van der Waals surface area (Å²) in [5.74, 6) is 0.731. The molecule has 1 fully saturated rings. The van der Waals surface area contributed by atoms with Crippen molar-refractivity contribution in [3.8, 4) is 0 Å². The van der Waals surface area contributed by atoms with E-state index < -0.39 is 0 Å². The first-order valence-corrected chi connectivity index (χ1v) is 6.60. The molecule has 2 heterocycles. The Morgan fingerprint density at radius 1 is 1.35 bits per heavy atom. The SMILES string of the molecule is Cl.NCC1CCN(Cc2ccc(Br)cn2)CC1. The van der Waals surface area contributed by atoms with E-state index in [-0.39, 0.29) is 12.4 Å². The van der Waals surface area contributed by atoms with Crippen molar-refractivity contribution in [3.63, 3.8) is 0 Å². The molecular weight excluding hydrogens is 302 g/mol. The van der Waals surface area contributed by atoms with Crippen molar-refractivity contribution in [2.45, 2.75) is 19.4 Å². The molecule has 96 valence electrons. The molecule has 0 saturated carbocycles. The maximum Gasteiger partial charge on any atom is 0.0544 e. The number of halogens is 2. The number of piperidine rings is 1. The van der Waals surface area contributed by atoms with Crippen LogP contribution in [-0.2, 0) is 6.54 Å². The number of aromatic nitrogens is 1. The molecule has 0 atom stereocenters. The zero-order valence-electron chi connectivity index (χ0n) is 9.81. The fraction of sp³-hybridized carbons (Fsp3) is 0.583. The average Bonchev–Trinajstić information content (AvgIpc) is 2.33. The molecule has 17 heavy (non-hydrogen) atoms. The van der Waals surface area contributed by atoms with E-state index in [0.29, 0.717) is 0 Å². The van der Waals surface area contributed by atoms with Crippen LogP contribution in [0.4, 0.5) is 0 Å². The summed E-state index contributed by atoms with van der Waals surface area (Å²) in [5.41, 5.74) is 6.83. The summed E-state index contributed by atoms with van der Waals surface area (Å²) < 4.78 is 1.04. The zero-order chi connectivity index (χ0) is 11.4. The van der Waals surface area contributed by atoms with Gasteiger partial charge in [-0.1, -0.05) is 0 Å². The van der Waals surface area contributed by atoms with E-state index in [1.807, 2.05) is 6.20 Å². The summed E-state index contributed by atoms with van der Waals surface area (Å²) in [6.45, 7) is 4.11. The molecule has 0 spiro atoms. The number of likely N-dealkylation sites (tertiary alicyclic amines) is 1. The van der Waals surface area contributed by atoms with Gasteiger partial charge in [0.1, 0.15) is 0 Å². The maximum atomic E-state index is 5.68. The van der Waals surface area contributed by atoms with Crippen LogP contribution in [0.1, 0.15) is 18.5 Å². The Bertz CT molecular complexity index is 323. The van der Waals surface area contributed by atoms with Crippen LogP contribution in [0.5, 0.6) is 0 Å². The first kappa shape index (κ1) is 14.9. The minimum absolute atomic E-state index is 0. The first-order valence-electron chi connectivity index (χ1n) is 5.81. The summed E-state index contributed by atoms with van der Waals surface area (Å²) in [6, 6.07) is 4.13. The Labute approximate surface area is 117 Å². The molecule has 0 aliphatic carbocycles. The summed E-state index contributed by atoms with van der Waals surface area (Å²) in [4.78, 5) is 6.86. The molecule has 1 aliphatic rings. The van der Waals surface area contributed by atoms with Crippen molar-refractivity contribution >= 4 is 28.3 Å². The van der Waals surface area contributed by atoms with Gasteiger partial charge in [-0.05, 0) is 66.5 Å². The summed E-state index contributed by atoms with van der Waals surface area (Å²) in [5, 5.41) is 0. The van der Waals surface area contributed by atoms with Crippen molar-refractivity contribution in [1.82, 2.24) is 9.88 Å².